The second-order valence-corrected chi connectivity index (χ2v) is 7.82. The second-order valence-electron chi connectivity index (χ2n) is 6.97. The zero-order chi connectivity index (χ0) is 20.9. The Labute approximate surface area is 178 Å². The Morgan fingerprint density at radius 2 is 1.90 bits per heavy atom. The van der Waals surface area contributed by atoms with Crippen molar-refractivity contribution in [3.63, 3.8) is 0 Å². The highest BCUT2D eigenvalue weighted by molar-refractivity contribution is 7.17. The molecule has 0 bridgehead atoms. The van der Waals surface area contributed by atoms with Gasteiger partial charge < -0.3 is 4.74 Å². The van der Waals surface area contributed by atoms with Crippen molar-refractivity contribution in [3.05, 3.63) is 81.7 Å². The lowest BCUT2D eigenvalue weighted by molar-refractivity contribution is 0.414. The van der Waals surface area contributed by atoms with E-state index in [1.54, 1.807) is 11.7 Å². The molecule has 0 fully saturated rings. The minimum absolute atomic E-state index is 0.0402. The number of hydrogen-bond donors (Lipinski definition) is 0. The van der Waals surface area contributed by atoms with Crippen molar-refractivity contribution in [3.8, 4) is 22.9 Å². The molecule has 6 heteroatoms. The Morgan fingerprint density at radius 1 is 1.13 bits per heavy atom. The number of benzene rings is 2. The fraction of sp³-hybridized carbons (Fsp3) is 0.208. The summed E-state index contributed by atoms with van der Waals surface area (Å²) in [7, 11) is 1.64. The predicted molar refractivity (Wildman–Crippen MR) is 120 cm³/mol. The van der Waals surface area contributed by atoms with E-state index in [1.807, 2.05) is 60.0 Å². The third-order valence-electron chi connectivity index (χ3n) is 5.05. The lowest BCUT2D eigenvalue weighted by atomic mass is 10.1. The molecule has 2 aromatic carbocycles. The van der Waals surface area contributed by atoms with Crippen LogP contribution in [0.4, 0.5) is 0 Å². The molecule has 0 saturated carbocycles. The van der Waals surface area contributed by atoms with Gasteiger partial charge in [-0.05, 0) is 29.7 Å². The molecule has 2 aromatic heterocycles. The minimum Gasteiger partial charge on any atom is -0.497 e. The van der Waals surface area contributed by atoms with Crippen LogP contribution in [0.25, 0.3) is 21.3 Å². The summed E-state index contributed by atoms with van der Waals surface area (Å²) in [5.74, 6) is 1.51. The summed E-state index contributed by atoms with van der Waals surface area (Å²) in [6, 6.07) is 19.9. The first-order chi connectivity index (χ1) is 14.7. The van der Waals surface area contributed by atoms with E-state index in [9.17, 15) is 4.79 Å². The van der Waals surface area contributed by atoms with Crippen LogP contribution >= 0.6 is 11.3 Å². The van der Waals surface area contributed by atoms with Crippen LogP contribution in [0.1, 0.15) is 24.2 Å². The number of rotatable bonds is 7. The molecular formula is C24H21N3O2S. The Hall–Kier alpha value is -3.43. The van der Waals surface area contributed by atoms with E-state index in [-0.39, 0.29) is 5.56 Å². The molecule has 0 atom stereocenters. The van der Waals surface area contributed by atoms with Gasteiger partial charge in [0, 0.05) is 30.3 Å². The molecule has 0 aliphatic heterocycles. The summed E-state index contributed by atoms with van der Waals surface area (Å²) in [6.45, 7) is 0.477. The van der Waals surface area contributed by atoms with Crippen LogP contribution in [-0.2, 0) is 13.0 Å². The lowest BCUT2D eigenvalue weighted by Crippen LogP contribution is -2.25. The molecule has 0 radical (unpaired) electrons. The molecular weight excluding hydrogens is 394 g/mol. The van der Waals surface area contributed by atoms with E-state index in [2.05, 4.69) is 6.07 Å². The number of unbranched alkanes of at least 4 members (excludes halogenated alkanes) is 1. The maximum Gasteiger partial charge on any atom is 0.262 e. The van der Waals surface area contributed by atoms with Crippen molar-refractivity contribution in [1.82, 2.24) is 9.55 Å². The van der Waals surface area contributed by atoms with E-state index in [0.29, 0.717) is 31.2 Å². The second kappa shape index (κ2) is 8.93. The zero-order valence-corrected chi connectivity index (χ0v) is 17.5. The van der Waals surface area contributed by atoms with E-state index in [4.69, 9.17) is 15.0 Å². The van der Waals surface area contributed by atoms with Gasteiger partial charge in [0.2, 0.25) is 0 Å². The smallest absolute Gasteiger partial charge is 0.262 e. The normalized spacial score (nSPS) is 10.8. The number of nitriles is 1. The fourth-order valence-electron chi connectivity index (χ4n) is 3.50. The van der Waals surface area contributed by atoms with Gasteiger partial charge in [0.1, 0.15) is 16.4 Å². The zero-order valence-electron chi connectivity index (χ0n) is 16.7. The van der Waals surface area contributed by atoms with Gasteiger partial charge in [-0.15, -0.1) is 11.3 Å². The molecule has 0 amide bonds. The highest BCUT2D eigenvalue weighted by Gasteiger charge is 2.17. The van der Waals surface area contributed by atoms with Gasteiger partial charge in [0.05, 0.1) is 18.6 Å². The van der Waals surface area contributed by atoms with E-state index >= 15 is 0 Å². The average Bonchev–Trinajstić information content (AvgIpc) is 3.21. The predicted octanol–water partition coefficient (Wildman–Crippen LogP) is 5.03. The number of aromatic nitrogens is 2. The number of methoxy groups -OCH3 is 1. The maximum absolute atomic E-state index is 13.5. The van der Waals surface area contributed by atoms with Crippen molar-refractivity contribution < 1.29 is 4.74 Å². The standard InChI is InChI=1S/C24H21N3O2S/c1-29-19-11-9-17(10-12-19)15-21-26-23-22(24(28)27(21)14-6-5-13-25)20(16-30-23)18-7-3-2-4-8-18/h2-4,7-12,16H,5-6,14-15H2,1H3. The molecule has 0 aliphatic carbocycles. The summed E-state index contributed by atoms with van der Waals surface area (Å²) in [5, 5.41) is 11.6. The van der Waals surface area contributed by atoms with Gasteiger partial charge >= 0.3 is 0 Å². The Balaban J connectivity index is 1.81. The quantitative estimate of drug-likeness (QED) is 0.397. The number of hydrogen-bond acceptors (Lipinski definition) is 5. The monoisotopic (exact) mass is 415 g/mol. The van der Waals surface area contributed by atoms with Crippen molar-refractivity contribution >= 4 is 21.6 Å². The molecule has 4 aromatic rings. The molecule has 0 spiro atoms. The van der Waals surface area contributed by atoms with Crippen LogP contribution in [0.2, 0.25) is 0 Å². The van der Waals surface area contributed by atoms with Crippen molar-refractivity contribution in [1.29, 1.82) is 5.26 Å². The van der Waals surface area contributed by atoms with Gasteiger partial charge in [0.15, 0.2) is 0 Å². The molecule has 2 heterocycles. The molecule has 30 heavy (non-hydrogen) atoms. The first-order valence-electron chi connectivity index (χ1n) is 9.77. The number of ether oxygens (including phenoxy) is 1. The average molecular weight is 416 g/mol. The molecule has 0 unspecified atom stereocenters. The van der Waals surface area contributed by atoms with Crippen molar-refractivity contribution in [2.75, 3.05) is 7.11 Å². The van der Waals surface area contributed by atoms with Crippen molar-refractivity contribution in [2.45, 2.75) is 25.8 Å². The molecule has 5 nitrogen and oxygen atoms in total. The minimum atomic E-state index is -0.0402. The number of fused-ring (bicyclic) bond motifs is 1. The van der Waals surface area contributed by atoms with Gasteiger partial charge in [0.25, 0.3) is 5.56 Å². The fourth-order valence-corrected chi connectivity index (χ4v) is 4.46. The van der Waals surface area contributed by atoms with Crippen LogP contribution < -0.4 is 10.3 Å². The van der Waals surface area contributed by atoms with Gasteiger partial charge in [-0.1, -0.05) is 42.5 Å². The summed E-state index contributed by atoms with van der Waals surface area (Å²) in [4.78, 5) is 19.1. The first kappa shape index (κ1) is 19.9. The molecule has 0 N–H and O–H groups in total. The van der Waals surface area contributed by atoms with Crippen LogP contribution in [0, 0.1) is 11.3 Å². The number of nitrogens with zero attached hydrogens (tertiary/aromatic N) is 3. The third kappa shape index (κ3) is 3.98. The Bertz CT molecular complexity index is 1250. The molecule has 0 aliphatic rings. The highest BCUT2D eigenvalue weighted by atomic mass is 32.1. The van der Waals surface area contributed by atoms with Crippen LogP contribution in [0.3, 0.4) is 0 Å². The lowest BCUT2D eigenvalue weighted by Gasteiger charge is -2.13. The molecule has 4 rings (SSSR count). The summed E-state index contributed by atoms with van der Waals surface area (Å²) < 4.78 is 6.97. The maximum atomic E-state index is 13.5. The first-order valence-corrected chi connectivity index (χ1v) is 10.7. The Kier molecular flexibility index (Phi) is 5.92. The van der Waals surface area contributed by atoms with E-state index < -0.39 is 0 Å². The van der Waals surface area contributed by atoms with Crippen LogP contribution in [-0.4, -0.2) is 16.7 Å². The third-order valence-corrected chi connectivity index (χ3v) is 5.92. The van der Waals surface area contributed by atoms with Gasteiger partial charge in [-0.2, -0.15) is 5.26 Å². The summed E-state index contributed by atoms with van der Waals surface area (Å²) >= 11 is 1.49. The van der Waals surface area contributed by atoms with Gasteiger partial charge in [-0.25, -0.2) is 4.98 Å². The van der Waals surface area contributed by atoms with E-state index in [0.717, 1.165) is 33.1 Å². The molecule has 150 valence electrons. The van der Waals surface area contributed by atoms with Crippen LogP contribution in [0.5, 0.6) is 5.75 Å². The van der Waals surface area contributed by atoms with E-state index in [1.165, 1.54) is 11.3 Å². The largest absolute Gasteiger partial charge is 0.497 e. The molecule has 0 saturated heterocycles. The topological polar surface area (TPSA) is 67.9 Å². The SMILES string of the molecule is COc1ccc(Cc2nc3scc(-c4ccccc4)c3c(=O)n2CCCC#N)cc1. The Morgan fingerprint density at radius 3 is 2.60 bits per heavy atom. The van der Waals surface area contributed by atoms with Crippen LogP contribution in [0.15, 0.2) is 64.8 Å². The highest BCUT2D eigenvalue weighted by Crippen LogP contribution is 2.31. The number of thiophene rings is 1. The van der Waals surface area contributed by atoms with Crippen molar-refractivity contribution in [2.24, 2.45) is 0 Å². The van der Waals surface area contributed by atoms with Gasteiger partial charge in [-0.3, -0.25) is 9.36 Å². The summed E-state index contributed by atoms with van der Waals surface area (Å²) in [5.41, 5.74) is 2.93. The summed E-state index contributed by atoms with van der Waals surface area (Å²) in [6.07, 6.45) is 1.56.